The third-order valence-electron chi connectivity index (χ3n) is 4.37. The van der Waals surface area contributed by atoms with E-state index in [1.54, 1.807) is 36.4 Å². The van der Waals surface area contributed by atoms with Crippen LogP contribution in [0.1, 0.15) is 18.4 Å². The van der Waals surface area contributed by atoms with E-state index >= 15 is 0 Å². The van der Waals surface area contributed by atoms with Crippen LogP contribution in [-0.2, 0) is 14.6 Å². The van der Waals surface area contributed by atoms with Crippen LogP contribution in [0.4, 0.5) is 5.69 Å². The lowest BCUT2D eigenvalue weighted by molar-refractivity contribution is -0.116. The summed E-state index contributed by atoms with van der Waals surface area (Å²) in [6.07, 6.45) is 0.609. The van der Waals surface area contributed by atoms with Crippen LogP contribution in [-0.4, -0.2) is 26.2 Å². The highest BCUT2D eigenvalue weighted by atomic mass is 35.5. The number of rotatable bonds is 5. The SMILES string of the molecule is COc1ccc(NC(=O)C2(S(=O)(=O)c3ccc(C)cc3)CC2)cc1Cl. The summed E-state index contributed by atoms with van der Waals surface area (Å²) in [5.41, 5.74) is 1.39. The second kappa shape index (κ2) is 6.35. The van der Waals surface area contributed by atoms with Gasteiger partial charge in [0.15, 0.2) is 14.6 Å². The summed E-state index contributed by atoms with van der Waals surface area (Å²) < 4.78 is 29.5. The Labute approximate surface area is 151 Å². The predicted octanol–water partition coefficient (Wildman–Crippen LogP) is 3.60. The number of methoxy groups -OCH3 is 1. The molecule has 0 bridgehead atoms. The Balaban J connectivity index is 1.86. The Bertz CT molecular complexity index is 919. The zero-order valence-electron chi connectivity index (χ0n) is 13.9. The van der Waals surface area contributed by atoms with Crippen LogP contribution in [0, 0.1) is 6.92 Å². The molecular formula is C18H18ClNO4S. The van der Waals surface area contributed by atoms with Gasteiger partial charge in [-0.3, -0.25) is 4.79 Å². The Morgan fingerprint density at radius 1 is 1.16 bits per heavy atom. The summed E-state index contributed by atoms with van der Waals surface area (Å²) in [4.78, 5) is 12.9. The van der Waals surface area contributed by atoms with Crippen molar-refractivity contribution in [2.24, 2.45) is 0 Å². The number of ether oxygens (including phenoxy) is 1. The van der Waals surface area contributed by atoms with E-state index in [9.17, 15) is 13.2 Å². The number of amides is 1. The topological polar surface area (TPSA) is 72.5 Å². The van der Waals surface area contributed by atoms with Crippen molar-refractivity contribution in [2.45, 2.75) is 29.4 Å². The third-order valence-corrected chi connectivity index (χ3v) is 7.18. The van der Waals surface area contributed by atoms with Crippen molar-refractivity contribution in [1.82, 2.24) is 0 Å². The number of hydrogen-bond acceptors (Lipinski definition) is 4. The van der Waals surface area contributed by atoms with Gasteiger partial charge < -0.3 is 10.1 Å². The van der Waals surface area contributed by atoms with Gasteiger partial charge in [0.1, 0.15) is 5.75 Å². The number of carbonyl (C=O) groups excluding carboxylic acids is 1. The van der Waals surface area contributed by atoms with E-state index in [0.717, 1.165) is 5.56 Å². The zero-order chi connectivity index (χ0) is 18.2. The van der Waals surface area contributed by atoms with E-state index in [1.165, 1.54) is 13.2 Å². The number of sulfone groups is 1. The van der Waals surface area contributed by atoms with Crippen LogP contribution in [0.5, 0.6) is 5.75 Å². The second-order valence-electron chi connectivity index (χ2n) is 6.11. The maximum atomic E-state index is 12.9. The number of aryl methyl sites for hydroxylation is 1. The van der Waals surface area contributed by atoms with Crippen molar-refractivity contribution >= 4 is 33.0 Å². The van der Waals surface area contributed by atoms with Gasteiger partial charge in [-0.2, -0.15) is 0 Å². The molecule has 1 aliphatic carbocycles. The molecule has 2 aromatic rings. The van der Waals surface area contributed by atoms with Crippen molar-refractivity contribution in [3.8, 4) is 5.75 Å². The minimum Gasteiger partial charge on any atom is -0.495 e. The lowest BCUT2D eigenvalue weighted by Gasteiger charge is -2.17. The average Bonchev–Trinajstić information content (AvgIpc) is 3.38. The number of halogens is 1. The summed E-state index contributed by atoms with van der Waals surface area (Å²) in [5, 5.41) is 3.01. The van der Waals surface area contributed by atoms with Crippen molar-refractivity contribution in [3.05, 3.63) is 53.1 Å². The number of hydrogen-bond donors (Lipinski definition) is 1. The van der Waals surface area contributed by atoms with Crippen molar-refractivity contribution in [3.63, 3.8) is 0 Å². The van der Waals surface area contributed by atoms with Gasteiger partial charge in [0.2, 0.25) is 5.91 Å². The molecule has 25 heavy (non-hydrogen) atoms. The standard InChI is InChI=1S/C18H18ClNO4S/c1-12-3-6-14(7-4-12)25(22,23)18(9-10-18)17(21)20-13-5-8-16(24-2)15(19)11-13/h3-8,11H,9-10H2,1-2H3,(H,20,21). The van der Waals surface area contributed by atoms with Gasteiger partial charge in [-0.1, -0.05) is 29.3 Å². The van der Waals surface area contributed by atoms with Gasteiger partial charge in [-0.25, -0.2) is 8.42 Å². The van der Waals surface area contributed by atoms with Crippen LogP contribution in [0.25, 0.3) is 0 Å². The first kappa shape index (κ1) is 17.8. The molecule has 1 aliphatic rings. The van der Waals surface area contributed by atoms with Gasteiger partial charge in [0, 0.05) is 5.69 Å². The van der Waals surface area contributed by atoms with Gasteiger partial charge in [0.05, 0.1) is 17.0 Å². The Morgan fingerprint density at radius 2 is 1.80 bits per heavy atom. The molecule has 0 saturated heterocycles. The summed E-state index contributed by atoms with van der Waals surface area (Å²) in [5.74, 6) is -0.0533. The van der Waals surface area contributed by atoms with E-state index in [2.05, 4.69) is 5.32 Å². The molecule has 0 unspecified atom stereocenters. The highest BCUT2D eigenvalue weighted by Crippen LogP contribution is 2.47. The molecule has 1 amide bonds. The van der Waals surface area contributed by atoms with Crippen LogP contribution >= 0.6 is 11.6 Å². The Morgan fingerprint density at radius 3 is 2.32 bits per heavy atom. The highest BCUT2D eigenvalue weighted by Gasteiger charge is 2.61. The summed E-state index contributed by atoms with van der Waals surface area (Å²) >= 11 is 6.05. The molecule has 1 saturated carbocycles. The molecule has 2 aromatic carbocycles. The summed E-state index contributed by atoms with van der Waals surface area (Å²) in [7, 11) is -2.26. The molecule has 0 spiro atoms. The Kier molecular flexibility index (Phi) is 4.51. The largest absolute Gasteiger partial charge is 0.495 e. The monoisotopic (exact) mass is 379 g/mol. The van der Waals surface area contributed by atoms with E-state index in [1.807, 2.05) is 6.92 Å². The van der Waals surface area contributed by atoms with Crippen LogP contribution in [0.3, 0.4) is 0 Å². The normalized spacial score (nSPS) is 15.5. The lowest BCUT2D eigenvalue weighted by Crippen LogP contribution is -2.37. The highest BCUT2D eigenvalue weighted by molar-refractivity contribution is 7.94. The molecule has 7 heteroatoms. The molecule has 132 valence electrons. The molecule has 1 N–H and O–H groups in total. The molecule has 0 radical (unpaired) electrons. The predicted molar refractivity (Wildman–Crippen MR) is 97.0 cm³/mol. The van der Waals surface area contributed by atoms with E-state index in [0.29, 0.717) is 29.3 Å². The molecular weight excluding hydrogens is 362 g/mol. The van der Waals surface area contributed by atoms with Gasteiger partial charge in [-0.05, 0) is 50.1 Å². The first-order valence-corrected chi connectivity index (χ1v) is 9.62. The number of nitrogens with one attached hydrogen (secondary N) is 1. The molecule has 1 fully saturated rings. The van der Waals surface area contributed by atoms with Crippen LogP contribution in [0.2, 0.25) is 5.02 Å². The van der Waals surface area contributed by atoms with Crippen LogP contribution in [0.15, 0.2) is 47.4 Å². The quantitative estimate of drug-likeness (QED) is 0.861. The van der Waals surface area contributed by atoms with Gasteiger partial charge in [0.25, 0.3) is 0 Å². The van der Waals surface area contributed by atoms with Gasteiger partial charge >= 0.3 is 0 Å². The van der Waals surface area contributed by atoms with E-state index in [4.69, 9.17) is 16.3 Å². The summed E-state index contributed by atoms with van der Waals surface area (Å²) in [6, 6.07) is 11.3. The van der Waals surface area contributed by atoms with E-state index in [-0.39, 0.29) is 4.90 Å². The first-order valence-electron chi connectivity index (χ1n) is 7.76. The maximum absolute atomic E-state index is 12.9. The second-order valence-corrected chi connectivity index (χ2v) is 8.78. The number of benzene rings is 2. The lowest BCUT2D eigenvalue weighted by atomic mass is 10.2. The van der Waals surface area contributed by atoms with Crippen molar-refractivity contribution < 1.29 is 17.9 Å². The minimum atomic E-state index is -3.76. The van der Waals surface area contributed by atoms with Crippen LogP contribution < -0.4 is 10.1 Å². The molecule has 0 heterocycles. The average molecular weight is 380 g/mol. The van der Waals surface area contributed by atoms with Gasteiger partial charge in [-0.15, -0.1) is 0 Å². The number of anilines is 1. The minimum absolute atomic E-state index is 0.165. The fraction of sp³-hybridized carbons (Fsp3) is 0.278. The molecule has 0 aliphatic heterocycles. The molecule has 0 atom stereocenters. The summed E-state index contributed by atoms with van der Waals surface area (Å²) in [6.45, 7) is 1.88. The van der Waals surface area contributed by atoms with Crippen molar-refractivity contribution in [2.75, 3.05) is 12.4 Å². The zero-order valence-corrected chi connectivity index (χ0v) is 15.4. The first-order chi connectivity index (χ1) is 11.8. The third kappa shape index (κ3) is 3.12. The Hall–Kier alpha value is -2.05. The fourth-order valence-corrected chi connectivity index (χ4v) is 4.80. The fourth-order valence-electron chi connectivity index (χ4n) is 2.66. The molecule has 5 nitrogen and oxygen atoms in total. The molecule has 3 rings (SSSR count). The van der Waals surface area contributed by atoms with E-state index < -0.39 is 20.5 Å². The molecule has 0 aromatic heterocycles. The van der Waals surface area contributed by atoms with Crippen molar-refractivity contribution in [1.29, 1.82) is 0 Å². The maximum Gasteiger partial charge on any atom is 0.246 e. The smallest absolute Gasteiger partial charge is 0.246 e. The number of carbonyl (C=O) groups is 1.